The minimum atomic E-state index is -0.466. The van der Waals surface area contributed by atoms with Crippen LogP contribution in [0.5, 0.6) is 0 Å². The highest BCUT2D eigenvalue weighted by Crippen LogP contribution is 2.34. The summed E-state index contributed by atoms with van der Waals surface area (Å²) in [6.07, 6.45) is 0.165. The van der Waals surface area contributed by atoms with Gasteiger partial charge in [-0.3, -0.25) is 14.4 Å². The Bertz CT molecular complexity index is 1400. The predicted octanol–water partition coefficient (Wildman–Crippen LogP) is 5.82. The molecular weight excluding hydrogens is 444 g/mol. The highest BCUT2D eigenvalue weighted by molar-refractivity contribution is 8.00. The Hall–Kier alpha value is -3.90. The van der Waals surface area contributed by atoms with E-state index >= 15 is 0 Å². The molecule has 1 atom stereocenters. The number of carbonyl (C=O) groups is 3. The Balaban J connectivity index is 1.24. The van der Waals surface area contributed by atoms with E-state index < -0.39 is 5.25 Å². The molecule has 0 radical (unpaired) electrons. The summed E-state index contributed by atoms with van der Waals surface area (Å²) < 4.78 is 0. The van der Waals surface area contributed by atoms with Crippen LogP contribution in [0.4, 0.5) is 11.4 Å². The molecule has 0 spiro atoms. The zero-order chi connectivity index (χ0) is 23.7. The SMILES string of the molecule is Cc1ccc(N2C(=O)CC(Sc3ccc(NC(=O)c4ccc5ccccc5c4)cc3)C2=O)cc1. The molecule has 1 fully saturated rings. The molecular formula is C28H22N2O3S. The van der Waals surface area contributed by atoms with Crippen molar-refractivity contribution in [3.63, 3.8) is 0 Å². The summed E-state index contributed by atoms with van der Waals surface area (Å²) in [6.45, 7) is 1.96. The van der Waals surface area contributed by atoms with E-state index in [0.29, 0.717) is 16.9 Å². The van der Waals surface area contributed by atoms with Crippen LogP contribution >= 0.6 is 11.8 Å². The lowest BCUT2D eigenvalue weighted by molar-refractivity contribution is -0.121. The average molecular weight is 467 g/mol. The largest absolute Gasteiger partial charge is 0.322 e. The highest BCUT2D eigenvalue weighted by atomic mass is 32.2. The van der Waals surface area contributed by atoms with Crippen molar-refractivity contribution in [2.45, 2.75) is 23.5 Å². The monoisotopic (exact) mass is 466 g/mol. The number of hydrogen-bond acceptors (Lipinski definition) is 4. The average Bonchev–Trinajstić information content (AvgIpc) is 3.13. The molecule has 168 valence electrons. The maximum Gasteiger partial charge on any atom is 0.255 e. The molecule has 1 aliphatic heterocycles. The lowest BCUT2D eigenvalue weighted by atomic mass is 10.1. The molecule has 1 saturated heterocycles. The van der Waals surface area contributed by atoms with Gasteiger partial charge >= 0.3 is 0 Å². The molecule has 5 rings (SSSR count). The number of nitrogens with zero attached hydrogens (tertiary/aromatic N) is 1. The first-order chi connectivity index (χ1) is 16.5. The van der Waals surface area contributed by atoms with E-state index in [4.69, 9.17) is 0 Å². The van der Waals surface area contributed by atoms with Gasteiger partial charge in [0.25, 0.3) is 5.91 Å². The van der Waals surface area contributed by atoms with Crippen LogP contribution in [0.25, 0.3) is 10.8 Å². The smallest absolute Gasteiger partial charge is 0.255 e. The third-order valence-corrected chi connectivity index (χ3v) is 7.00. The zero-order valence-corrected chi connectivity index (χ0v) is 19.3. The number of nitrogens with one attached hydrogen (secondary N) is 1. The summed E-state index contributed by atoms with van der Waals surface area (Å²) in [4.78, 5) is 40.2. The number of benzene rings is 4. The number of amides is 3. The molecule has 1 unspecified atom stereocenters. The van der Waals surface area contributed by atoms with Gasteiger partial charge in [0.1, 0.15) is 0 Å². The second kappa shape index (κ2) is 9.15. The van der Waals surface area contributed by atoms with Crippen LogP contribution in [0, 0.1) is 6.92 Å². The molecule has 34 heavy (non-hydrogen) atoms. The van der Waals surface area contributed by atoms with E-state index in [9.17, 15) is 14.4 Å². The van der Waals surface area contributed by atoms with E-state index in [1.54, 1.807) is 24.3 Å². The molecule has 1 heterocycles. The fourth-order valence-electron chi connectivity index (χ4n) is 3.98. The van der Waals surface area contributed by atoms with Crippen molar-refractivity contribution < 1.29 is 14.4 Å². The zero-order valence-electron chi connectivity index (χ0n) is 18.5. The summed E-state index contributed by atoms with van der Waals surface area (Å²) >= 11 is 1.37. The minimum Gasteiger partial charge on any atom is -0.322 e. The molecule has 0 aliphatic carbocycles. The normalized spacial score (nSPS) is 15.7. The van der Waals surface area contributed by atoms with Gasteiger partial charge in [0.15, 0.2) is 0 Å². The minimum absolute atomic E-state index is 0.165. The third kappa shape index (κ3) is 4.45. The van der Waals surface area contributed by atoms with Gasteiger partial charge in [0.05, 0.1) is 10.9 Å². The number of rotatable bonds is 5. The maximum absolute atomic E-state index is 12.9. The predicted molar refractivity (Wildman–Crippen MR) is 136 cm³/mol. The van der Waals surface area contributed by atoms with Crippen LogP contribution in [0.1, 0.15) is 22.3 Å². The molecule has 6 heteroatoms. The molecule has 4 aromatic rings. The number of thioether (sulfide) groups is 1. The molecule has 4 aromatic carbocycles. The lowest BCUT2D eigenvalue weighted by Crippen LogP contribution is -2.31. The van der Waals surface area contributed by atoms with Crippen molar-refractivity contribution in [1.29, 1.82) is 0 Å². The summed E-state index contributed by atoms with van der Waals surface area (Å²) in [5, 5.41) is 4.55. The highest BCUT2D eigenvalue weighted by Gasteiger charge is 2.40. The summed E-state index contributed by atoms with van der Waals surface area (Å²) in [6, 6.07) is 28.2. The topological polar surface area (TPSA) is 66.5 Å². The van der Waals surface area contributed by atoms with E-state index in [1.165, 1.54) is 16.7 Å². The Morgan fingerprint density at radius 1 is 0.882 bits per heavy atom. The van der Waals surface area contributed by atoms with E-state index in [-0.39, 0.29) is 24.1 Å². The second-order valence-electron chi connectivity index (χ2n) is 8.25. The number of fused-ring (bicyclic) bond motifs is 1. The first-order valence-electron chi connectivity index (χ1n) is 11.0. The number of hydrogen-bond donors (Lipinski definition) is 1. The molecule has 3 amide bonds. The quantitative estimate of drug-likeness (QED) is 0.376. The number of carbonyl (C=O) groups excluding carboxylic acids is 3. The van der Waals surface area contributed by atoms with Gasteiger partial charge in [-0.25, -0.2) is 4.90 Å². The first-order valence-corrected chi connectivity index (χ1v) is 11.9. The van der Waals surface area contributed by atoms with Crippen molar-refractivity contribution >= 4 is 51.6 Å². The molecule has 0 saturated carbocycles. The first kappa shape index (κ1) is 21.9. The van der Waals surface area contributed by atoms with E-state index in [0.717, 1.165) is 21.2 Å². The van der Waals surface area contributed by atoms with Gasteiger partial charge in [0, 0.05) is 22.6 Å². The van der Waals surface area contributed by atoms with Crippen LogP contribution in [0.15, 0.2) is 95.9 Å². The molecule has 5 nitrogen and oxygen atoms in total. The third-order valence-electron chi connectivity index (χ3n) is 5.80. The van der Waals surface area contributed by atoms with Crippen LogP contribution < -0.4 is 10.2 Å². The maximum atomic E-state index is 12.9. The van der Waals surface area contributed by atoms with Crippen molar-refractivity contribution in [2.24, 2.45) is 0 Å². The Labute approximate surface area is 201 Å². The molecule has 0 aromatic heterocycles. The van der Waals surface area contributed by atoms with Gasteiger partial charge < -0.3 is 5.32 Å². The molecule has 1 aliphatic rings. The van der Waals surface area contributed by atoms with Crippen molar-refractivity contribution in [3.05, 3.63) is 102 Å². The Kier molecular flexibility index (Phi) is 5.90. The Morgan fingerprint density at radius 3 is 2.32 bits per heavy atom. The fraction of sp³-hybridized carbons (Fsp3) is 0.107. The lowest BCUT2D eigenvalue weighted by Gasteiger charge is -2.15. The Morgan fingerprint density at radius 2 is 1.59 bits per heavy atom. The van der Waals surface area contributed by atoms with Crippen LogP contribution in [0.3, 0.4) is 0 Å². The summed E-state index contributed by atoms with van der Waals surface area (Å²) in [5.41, 5.74) is 2.93. The number of anilines is 2. The number of aryl methyl sites for hydroxylation is 1. The van der Waals surface area contributed by atoms with Crippen LogP contribution in [0.2, 0.25) is 0 Å². The van der Waals surface area contributed by atoms with E-state index in [1.807, 2.05) is 73.7 Å². The summed E-state index contributed by atoms with van der Waals surface area (Å²) in [5.74, 6) is -0.574. The van der Waals surface area contributed by atoms with Gasteiger partial charge in [0.2, 0.25) is 11.8 Å². The van der Waals surface area contributed by atoms with Crippen molar-refractivity contribution in [2.75, 3.05) is 10.2 Å². The standard InChI is InChI=1S/C28H22N2O3S/c1-18-6-12-23(13-7-18)30-26(31)17-25(28(30)33)34-24-14-10-22(11-15-24)29-27(32)21-9-8-19-4-2-3-5-20(19)16-21/h2-16,25H,17H2,1H3,(H,29,32). The van der Waals surface area contributed by atoms with Crippen LogP contribution in [-0.2, 0) is 9.59 Å². The molecule has 1 N–H and O–H groups in total. The molecule has 0 bridgehead atoms. The van der Waals surface area contributed by atoms with Crippen molar-refractivity contribution in [1.82, 2.24) is 0 Å². The summed E-state index contributed by atoms with van der Waals surface area (Å²) in [7, 11) is 0. The van der Waals surface area contributed by atoms with Gasteiger partial charge in [-0.15, -0.1) is 11.8 Å². The van der Waals surface area contributed by atoms with Crippen molar-refractivity contribution in [3.8, 4) is 0 Å². The van der Waals surface area contributed by atoms with Crippen LogP contribution in [-0.4, -0.2) is 23.0 Å². The van der Waals surface area contributed by atoms with Gasteiger partial charge in [-0.2, -0.15) is 0 Å². The van der Waals surface area contributed by atoms with Gasteiger partial charge in [-0.05, 0) is 66.2 Å². The van der Waals surface area contributed by atoms with E-state index in [2.05, 4.69) is 5.32 Å². The second-order valence-corrected chi connectivity index (χ2v) is 9.53. The fourth-order valence-corrected chi connectivity index (χ4v) is 5.03. The van der Waals surface area contributed by atoms with Gasteiger partial charge in [-0.1, -0.05) is 48.0 Å². The number of imide groups is 1.